The van der Waals surface area contributed by atoms with Gasteiger partial charge in [-0.3, -0.25) is 14.4 Å². The molecule has 0 spiro atoms. The van der Waals surface area contributed by atoms with Crippen LogP contribution >= 0.6 is 0 Å². The minimum absolute atomic E-state index is 0.100. The molecule has 1 atom stereocenters. The van der Waals surface area contributed by atoms with Crippen molar-refractivity contribution in [3.63, 3.8) is 0 Å². The first-order valence-electron chi connectivity index (χ1n) is 34.0. The summed E-state index contributed by atoms with van der Waals surface area (Å²) in [6.45, 7) is 6.38. The highest BCUT2D eigenvalue weighted by Gasteiger charge is 2.19. The molecule has 0 heterocycles. The second-order valence-corrected chi connectivity index (χ2v) is 22.0. The van der Waals surface area contributed by atoms with Crippen LogP contribution in [0.4, 0.5) is 0 Å². The summed E-state index contributed by atoms with van der Waals surface area (Å²) in [6.07, 6.45) is 101. The molecule has 1 unspecified atom stereocenters. The van der Waals surface area contributed by atoms with Crippen molar-refractivity contribution in [2.45, 2.75) is 297 Å². The molecule has 0 aromatic carbocycles. The summed E-state index contributed by atoms with van der Waals surface area (Å²) in [4.78, 5) is 38.4. The Kier molecular flexibility index (Phi) is 65.4. The van der Waals surface area contributed by atoms with Crippen molar-refractivity contribution in [2.24, 2.45) is 0 Å². The van der Waals surface area contributed by atoms with Crippen molar-refractivity contribution < 1.29 is 28.6 Å². The minimum atomic E-state index is -0.810. The fraction of sp³-hybridized carbons (Fsp3) is 0.623. The van der Waals surface area contributed by atoms with Crippen LogP contribution in [0.3, 0.4) is 0 Å². The number of esters is 3. The van der Waals surface area contributed by atoms with E-state index >= 15 is 0 Å². The van der Waals surface area contributed by atoms with Gasteiger partial charge in [-0.05, 0) is 128 Å². The lowest BCUT2D eigenvalue weighted by Gasteiger charge is -2.18. The predicted octanol–water partition coefficient (Wildman–Crippen LogP) is 23.7. The van der Waals surface area contributed by atoms with Gasteiger partial charge in [0.25, 0.3) is 0 Å². The number of rotatable bonds is 60. The van der Waals surface area contributed by atoms with E-state index in [4.69, 9.17) is 14.2 Å². The molecule has 0 radical (unpaired) electrons. The van der Waals surface area contributed by atoms with Crippen LogP contribution in [0.1, 0.15) is 290 Å². The summed E-state index contributed by atoms with van der Waals surface area (Å²) in [7, 11) is 0. The summed E-state index contributed by atoms with van der Waals surface area (Å²) in [5.74, 6) is -0.954. The zero-order valence-electron chi connectivity index (χ0n) is 53.7. The van der Waals surface area contributed by atoms with Crippen LogP contribution in [0.25, 0.3) is 0 Å². The zero-order valence-corrected chi connectivity index (χ0v) is 53.7. The summed E-state index contributed by atoms with van der Waals surface area (Å²) in [6, 6.07) is 0. The molecule has 0 aliphatic rings. The molecule has 468 valence electrons. The molecule has 0 aliphatic carbocycles. The lowest BCUT2D eigenvalue weighted by atomic mass is 10.0. The molecule has 0 N–H and O–H groups in total. The number of allylic oxidation sites excluding steroid dienone is 26. The Morgan fingerprint density at radius 1 is 0.253 bits per heavy atom. The minimum Gasteiger partial charge on any atom is -0.462 e. The van der Waals surface area contributed by atoms with Crippen LogP contribution in [-0.2, 0) is 28.6 Å². The van der Waals surface area contributed by atoms with Crippen LogP contribution in [0.15, 0.2) is 158 Å². The summed E-state index contributed by atoms with van der Waals surface area (Å²) in [5.41, 5.74) is 0. The molecule has 0 bridgehead atoms. The first kappa shape index (κ1) is 78.0. The van der Waals surface area contributed by atoms with Gasteiger partial charge in [-0.2, -0.15) is 0 Å². The zero-order chi connectivity index (χ0) is 59.9. The fourth-order valence-corrected chi connectivity index (χ4v) is 9.01. The van der Waals surface area contributed by atoms with E-state index in [0.717, 1.165) is 148 Å². The maximum atomic E-state index is 13.0. The largest absolute Gasteiger partial charge is 0.462 e. The van der Waals surface area contributed by atoms with E-state index in [1.165, 1.54) is 96.3 Å². The third-order valence-electron chi connectivity index (χ3n) is 14.0. The van der Waals surface area contributed by atoms with E-state index in [1.54, 1.807) is 0 Å². The highest BCUT2D eigenvalue weighted by molar-refractivity contribution is 5.71. The van der Waals surface area contributed by atoms with Gasteiger partial charge in [0.15, 0.2) is 6.10 Å². The molecule has 6 heteroatoms. The monoisotopic (exact) mass is 1140 g/mol. The summed E-state index contributed by atoms with van der Waals surface area (Å²) >= 11 is 0. The fourth-order valence-electron chi connectivity index (χ4n) is 9.01. The maximum Gasteiger partial charge on any atom is 0.306 e. The van der Waals surface area contributed by atoms with Gasteiger partial charge in [0, 0.05) is 19.3 Å². The molecule has 0 rings (SSSR count). The standard InChI is InChI=1S/C77H124O6/c1-4-7-10-13-16-19-22-25-28-30-32-34-36-37-38-39-41-42-44-46-49-52-55-58-61-64-67-70-76(79)82-73-74(72-81-75(78)69-66-63-60-57-54-51-48-27-24-21-18-15-12-9-6-3)83-77(80)71-68-65-62-59-56-53-50-47-45-43-40-35-33-31-29-26-23-20-17-14-11-8-5-2/h7-8,10-11,16-17,19-20,25-26,28-29,32-35,37-38,41-43,45-46,49,55,58,74H,4-6,9,12-15,18,21-24,27,30-31,36,39-40,44,47-48,50-54,56-57,59-73H2,1-3H3/b10-7-,11-8-,19-16-,20-17-,28-25-,29-26-,34-32-,35-33-,38-37-,42-41-,45-43-,49-46-,58-55-. The molecule has 0 aromatic heterocycles. The first-order chi connectivity index (χ1) is 41.0. The van der Waals surface area contributed by atoms with Gasteiger partial charge in [0.2, 0.25) is 0 Å². The highest BCUT2D eigenvalue weighted by atomic mass is 16.6. The van der Waals surface area contributed by atoms with Gasteiger partial charge in [-0.25, -0.2) is 0 Å². The van der Waals surface area contributed by atoms with E-state index in [9.17, 15) is 14.4 Å². The van der Waals surface area contributed by atoms with Crippen molar-refractivity contribution in [2.75, 3.05) is 13.2 Å². The molecular weight excluding hydrogens is 1020 g/mol. The molecule has 0 amide bonds. The number of hydrogen-bond acceptors (Lipinski definition) is 6. The summed E-state index contributed by atoms with van der Waals surface area (Å²) in [5, 5.41) is 0. The van der Waals surface area contributed by atoms with Crippen LogP contribution in [0, 0.1) is 0 Å². The molecule has 0 aromatic rings. The molecular formula is C77H124O6. The Labute approximate surface area is 511 Å². The van der Waals surface area contributed by atoms with Crippen molar-refractivity contribution >= 4 is 17.9 Å². The Bertz CT molecular complexity index is 1840. The van der Waals surface area contributed by atoms with Crippen LogP contribution < -0.4 is 0 Å². The Hall–Kier alpha value is -4.97. The second kappa shape index (κ2) is 69.5. The number of unbranched alkanes of at least 4 members (excludes halogenated alkanes) is 23. The van der Waals surface area contributed by atoms with Crippen LogP contribution in [0.5, 0.6) is 0 Å². The molecule has 0 aliphatic heterocycles. The Morgan fingerprint density at radius 3 is 0.759 bits per heavy atom. The van der Waals surface area contributed by atoms with Crippen molar-refractivity contribution in [3.05, 3.63) is 158 Å². The average Bonchev–Trinajstić information content (AvgIpc) is 3.49. The average molecular weight is 1150 g/mol. The van der Waals surface area contributed by atoms with Crippen molar-refractivity contribution in [3.8, 4) is 0 Å². The third-order valence-corrected chi connectivity index (χ3v) is 14.0. The van der Waals surface area contributed by atoms with Crippen LogP contribution in [0.2, 0.25) is 0 Å². The molecule has 0 fully saturated rings. The Morgan fingerprint density at radius 2 is 0.470 bits per heavy atom. The summed E-state index contributed by atoms with van der Waals surface area (Å²) < 4.78 is 16.9. The van der Waals surface area contributed by atoms with Gasteiger partial charge in [-0.15, -0.1) is 0 Å². The highest BCUT2D eigenvalue weighted by Crippen LogP contribution is 2.16. The van der Waals surface area contributed by atoms with Gasteiger partial charge in [-0.1, -0.05) is 301 Å². The number of ether oxygens (including phenoxy) is 3. The molecule has 0 saturated heterocycles. The maximum absolute atomic E-state index is 13.0. The second-order valence-electron chi connectivity index (χ2n) is 22.0. The third kappa shape index (κ3) is 67.7. The van der Waals surface area contributed by atoms with Crippen molar-refractivity contribution in [1.82, 2.24) is 0 Å². The van der Waals surface area contributed by atoms with Gasteiger partial charge >= 0.3 is 17.9 Å². The predicted molar refractivity (Wildman–Crippen MR) is 362 cm³/mol. The van der Waals surface area contributed by atoms with E-state index in [0.29, 0.717) is 25.7 Å². The topological polar surface area (TPSA) is 78.9 Å². The van der Waals surface area contributed by atoms with Crippen LogP contribution in [-0.4, -0.2) is 37.2 Å². The quantitative estimate of drug-likeness (QED) is 0.0261. The lowest BCUT2D eigenvalue weighted by Crippen LogP contribution is -2.30. The lowest BCUT2D eigenvalue weighted by molar-refractivity contribution is -0.167. The number of carbonyl (C=O) groups is 3. The van der Waals surface area contributed by atoms with E-state index in [2.05, 4.69) is 179 Å². The van der Waals surface area contributed by atoms with E-state index in [-0.39, 0.29) is 31.1 Å². The number of hydrogen-bond donors (Lipinski definition) is 0. The molecule has 6 nitrogen and oxygen atoms in total. The van der Waals surface area contributed by atoms with Gasteiger partial charge in [0.05, 0.1) is 0 Å². The van der Waals surface area contributed by atoms with Gasteiger partial charge in [0.1, 0.15) is 13.2 Å². The van der Waals surface area contributed by atoms with Crippen molar-refractivity contribution in [1.29, 1.82) is 0 Å². The van der Waals surface area contributed by atoms with Gasteiger partial charge < -0.3 is 14.2 Å². The Balaban J connectivity index is 4.49. The molecule has 83 heavy (non-hydrogen) atoms. The molecule has 0 saturated carbocycles. The SMILES string of the molecule is CC/C=C\C/C=C\C/C=C\C/C=C\C/C=C\C/C=C\C/C=C\C/C=C\CCCCC(=O)OCC(COC(=O)CCCCCCCCCCCCCCCCC)OC(=O)CCCCCCCCC/C=C\C/C=C\C/C=C\C/C=C\C/C=C\CC. The van der Waals surface area contributed by atoms with E-state index < -0.39 is 6.10 Å². The number of carbonyl (C=O) groups excluding carboxylic acids is 3. The van der Waals surface area contributed by atoms with E-state index in [1.807, 2.05) is 0 Å². The first-order valence-corrected chi connectivity index (χ1v) is 34.0. The smallest absolute Gasteiger partial charge is 0.306 e. The normalized spacial score (nSPS) is 13.1.